The van der Waals surface area contributed by atoms with Crippen molar-refractivity contribution in [3.63, 3.8) is 0 Å². The van der Waals surface area contributed by atoms with Crippen LogP contribution in [0.3, 0.4) is 0 Å². The third kappa shape index (κ3) is 2.78. The molecular weight excluding hydrogens is 310 g/mol. The molecule has 0 spiro atoms. The van der Waals surface area contributed by atoms with Crippen molar-refractivity contribution in [2.75, 3.05) is 14.1 Å². The molecule has 0 aliphatic carbocycles. The Balaban J connectivity index is 2.10. The average molecular weight is 329 g/mol. The van der Waals surface area contributed by atoms with Gasteiger partial charge in [-0.2, -0.15) is 0 Å². The molecule has 3 rings (SSSR count). The van der Waals surface area contributed by atoms with Gasteiger partial charge in [0.25, 0.3) is 0 Å². The van der Waals surface area contributed by atoms with Crippen LogP contribution < -0.4 is 4.74 Å². The van der Waals surface area contributed by atoms with Gasteiger partial charge in [-0.25, -0.2) is 0 Å². The summed E-state index contributed by atoms with van der Waals surface area (Å²) >= 11 is 1.57. The van der Waals surface area contributed by atoms with Crippen LogP contribution in [0.1, 0.15) is 31.9 Å². The predicted molar refractivity (Wildman–Crippen MR) is 92.2 cm³/mol. The Bertz CT molecular complexity index is 818. The molecular formula is C18H19NO3S. The molecule has 1 aliphatic heterocycles. The number of rotatable bonds is 3. The van der Waals surface area contributed by atoms with Crippen molar-refractivity contribution in [1.29, 1.82) is 0 Å². The van der Waals surface area contributed by atoms with Crippen LogP contribution in [0, 0.1) is 13.8 Å². The molecule has 0 unspecified atom stereocenters. The monoisotopic (exact) mass is 329 g/mol. The highest BCUT2D eigenvalue weighted by Gasteiger charge is 2.33. The smallest absolute Gasteiger partial charge is 0.232 e. The van der Waals surface area contributed by atoms with E-state index in [1.54, 1.807) is 23.5 Å². The third-order valence-electron chi connectivity index (χ3n) is 3.86. The summed E-state index contributed by atoms with van der Waals surface area (Å²) in [5.41, 5.74) is 3.05. The van der Waals surface area contributed by atoms with Gasteiger partial charge < -0.3 is 14.7 Å². The van der Waals surface area contributed by atoms with E-state index in [4.69, 9.17) is 4.74 Å². The van der Waals surface area contributed by atoms with Crippen LogP contribution in [-0.4, -0.2) is 29.9 Å². The van der Waals surface area contributed by atoms with Crippen molar-refractivity contribution in [3.8, 4) is 11.5 Å². The summed E-state index contributed by atoms with van der Waals surface area (Å²) in [6.07, 6.45) is 1.79. The Kier molecular flexibility index (Phi) is 4.00. The van der Waals surface area contributed by atoms with Crippen LogP contribution in [0.25, 0.3) is 6.08 Å². The number of Topliss-reactive ketones (excluding diaryl/α,β-unsaturated/α-hetero) is 1. The Morgan fingerprint density at radius 1 is 1.30 bits per heavy atom. The second kappa shape index (κ2) is 5.83. The zero-order valence-electron chi connectivity index (χ0n) is 13.6. The minimum absolute atomic E-state index is 0.120. The lowest BCUT2D eigenvalue weighted by Gasteiger charge is -2.15. The second-order valence-electron chi connectivity index (χ2n) is 6.04. The largest absolute Gasteiger partial charge is 0.507 e. The molecule has 0 saturated heterocycles. The zero-order chi connectivity index (χ0) is 16.7. The molecule has 4 nitrogen and oxygen atoms in total. The van der Waals surface area contributed by atoms with Gasteiger partial charge in [-0.05, 0) is 56.6 Å². The number of aromatic hydroxyl groups is 1. The molecule has 1 N–H and O–H groups in total. The van der Waals surface area contributed by atoms with E-state index in [1.165, 1.54) is 0 Å². The van der Waals surface area contributed by atoms with Crippen LogP contribution in [0.4, 0.5) is 0 Å². The number of aryl methyl sites for hydroxylation is 2. The highest BCUT2D eigenvalue weighted by Crippen LogP contribution is 2.42. The molecule has 0 fully saturated rings. The van der Waals surface area contributed by atoms with Crippen molar-refractivity contribution in [2.45, 2.75) is 20.4 Å². The van der Waals surface area contributed by atoms with Crippen LogP contribution in [0.5, 0.6) is 11.5 Å². The number of allylic oxidation sites excluding steroid dienone is 1. The van der Waals surface area contributed by atoms with Gasteiger partial charge in [0, 0.05) is 17.5 Å². The first-order valence-electron chi connectivity index (χ1n) is 7.37. The van der Waals surface area contributed by atoms with Gasteiger partial charge in [-0.3, -0.25) is 4.79 Å². The lowest BCUT2D eigenvalue weighted by molar-refractivity contribution is 0.101. The predicted octanol–water partition coefficient (Wildman–Crippen LogP) is 3.75. The standard InChI is InChI=1S/C18H19NO3S/c1-10-5-6-23-15(10)8-14-17(21)16-11(2)7-13(20)12(9-19(3)4)18(16)22-14/h5-8,20H,9H2,1-4H3/b14-8-. The van der Waals surface area contributed by atoms with E-state index in [1.807, 2.05) is 44.3 Å². The molecule has 2 heterocycles. The molecule has 23 heavy (non-hydrogen) atoms. The maximum Gasteiger partial charge on any atom is 0.232 e. The first-order chi connectivity index (χ1) is 10.9. The third-order valence-corrected chi connectivity index (χ3v) is 4.82. The number of thiophene rings is 1. The summed E-state index contributed by atoms with van der Waals surface area (Å²) < 4.78 is 5.87. The molecule has 5 heteroatoms. The maximum atomic E-state index is 12.7. The van der Waals surface area contributed by atoms with E-state index in [-0.39, 0.29) is 11.5 Å². The quantitative estimate of drug-likeness (QED) is 0.871. The van der Waals surface area contributed by atoms with Gasteiger partial charge in [-0.1, -0.05) is 0 Å². The number of fused-ring (bicyclic) bond motifs is 1. The van der Waals surface area contributed by atoms with Crippen LogP contribution >= 0.6 is 11.3 Å². The zero-order valence-corrected chi connectivity index (χ0v) is 14.5. The van der Waals surface area contributed by atoms with Gasteiger partial charge in [0.2, 0.25) is 5.78 Å². The number of carbonyl (C=O) groups excluding carboxylic acids is 1. The number of nitrogens with zero attached hydrogens (tertiary/aromatic N) is 1. The summed E-state index contributed by atoms with van der Waals surface area (Å²) in [6.45, 7) is 4.33. The van der Waals surface area contributed by atoms with E-state index < -0.39 is 0 Å². The number of hydrogen-bond donors (Lipinski definition) is 1. The summed E-state index contributed by atoms with van der Waals surface area (Å²) in [5, 5.41) is 12.2. The Labute approximate surface area is 139 Å². The van der Waals surface area contributed by atoms with Crippen LogP contribution in [-0.2, 0) is 6.54 Å². The number of hydrogen-bond acceptors (Lipinski definition) is 5. The topological polar surface area (TPSA) is 49.8 Å². The van der Waals surface area contributed by atoms with E-state index in [0.717, 1.165) is 16.0 Å². The molecule has 0 radical (unpaired) electrons. The Morgan fingerprint density at radius 2 is 2.04 bits per heavy atom. The van der Waals surface area contributed by atoms with E-state index in [2.05, 4.69) is 0 Å². The molecule has 120 valence electrons. The molecule has 0 amide bonds. The highest BCUT2D eigenvalue weighted by molar-refractivity contribution is 7.11. The summed E-state index contributed by atoms with van der Waals surface area (Å²) in [6, 6.07) is 3.65. The van der Waals surface area contributed by atoms with E-state index in [9.17, 15) is 9.90 Å². The number of carbonyl (C=O) groups is 1. The number of benzene rings is 1. The second-order valence-corrected chi connectivity index (χ2v) is 6.99. The molecule has 1 aromatic heterocycles. The van der Waals surface area contributed by atoms with Crippen molar-refractivity contribution in [2.24, 2.45) is 0 Å². The molecule has 0 atom stereocenters. The first-order valence-corrected chi connectivity index (χ1v) is 8.25. The summed E-state index contributed by atoms with van der Waals surface area (Å²) in [7, 11) is 3.82. The minimum Gasteiger partial charge on any atom is -0.507 e. The average Bonchev–Trinajstić information content (AvgIpc) is 3.00. The van der Waals surface area contributed by atoms with Crippen molar-refractivity contribution >= 4 is 23.2 Å². The maximum absolute atomic E-state index is 12.7. The minimum atomic E-state index is -0.120. The fourth-order valence-corrected chi connectivity index (χ4v) is 3.55. The van der Waals surface area contributed by atoms with Crippen LogP contribution in [0.15, 0.2) is 23.3 Å². The van der Waals surface area contributed by atoms with E-state index in [0.29, 0.717) is 29.2 Å². The molecule has 2 aromatic rings. The van der Waals surface area contributed by atoms with Gasteiger partial charge in [0.1, 0.15) is 11.5 Å². The lowest BCUT2D eigenvalue weighted by atomic mass is 9.99. The molecule has 0 saturated carbocycles. The summed E-state index contributed by atoms with van der Waals surface area (Å²) in [4.78, 5) is 15.7. The van der Waals surface area contributed by atoms with Gasteiger partial charge in [0.15, 0.2) is 5.76 Å². The lowest BCUT2D eigenvalue weighted by Crippen LogP contribution is -2.12. The van der Waals surface area contributed by atoms with E-state index >= 15 is 0 Å². The SMILES string of the molecule is Cc1ccsc1/C=C1\Oc2c(CN(C)C)c(O)cc(C)c2C1=O. The normalized spacial score (nSPS) is 15.3. The number of phenolic OH excluding ortho intramolecular Hbond substituents is 1. The highest BCUT2D eigenvalue weighted by atomic mass is 32.1. The fraction of sp³-hybridized carbons (Fsp3) is 0.278. The van der Waals surface area contributed by atoms with Gasteiger partial charge in [-0.15, -0.1) is 11.3 Å². The molecule has 1 aliphatic rings. The van der Waals surface area contributed by atoms with Gasteiger partial charge in [0.05, 0.1) is 11.1 Å². The van der Waals surface area contributed by atoms with Crippen molar-refractivity contribution < 1.29 is 14.6 Å². The van der Waals surface area contributed by atoms with Crippen molar-refractivity contribution in [1.82, 2.24) is 4.90 Å². The first kappa shape index (κ1) is 15.8. The Morgan fingerprint density at radius 3 is 2.65 bits per heavy atom. The number of ether oxygens (including phenoxy) is 1. The number of ketones is 1. The summed E-state index contributed by atoms with van der Waals surface area (Å²) in [5.74, 6) is 0.850. The molecule has 1 aromatic carbocycles. The molecule has 0 bridgehead atoms. The fourth-order valence-electron chi connectivity index (χ4n) is 2.70. The van der Waals surface area contributed by atoms with Crippen LogP contribution in [0.2, 0.25) is 0 Å². The van der Waals surface area contributed by atoms with Crippen molar-refractivity contribution in [3.05, 3.63) is 50.4 Å². The van der Waals surface area contributed by atoms with Gasteiger partial charge >= 0.3 is 0 Å². The number of phenols is 1. The Hall–Kier alpha value is -2.11.